The van der Waals surface area contributed by atoms with E-state index in [4.69, 9.17) is 9.84 Å². The zero-order valence-corrected chi connectivity index (χ0v) is 10.3. The number of hydrogen-bond acceptors (Lipinski definition) is 3. The van der Waals surface area contributed by atoms with Gasteiger partial charge in [0.1, 0.15) is 5.75 Å². The fourth-order valence-electron chi connectivity index (χ4n) is 1.53. The van der Waals surface area contributed by atoms with E-state index in [0.717, 1.165) is 5.56 Å². The van der Waals surface area contributed by atoms with Gasteiger partial charge in [0.2, 0.25) is 5.91 Å². The second kappa shape index (κ2) is 6.91. The van der Waals surface area contributed by atoms with Crippen molar-refractivity contribution in [1.82, 2.24) is 0 Å². The third-order valence-electron chi connectivity index (χ3n) is 2.44. The molecule has 0 fully saturated rings. The Morgan fingerprint density at radius 3 is 2.82 bits per heavy atom. The molecule has 4 nitrogen and oxygen atoms in total. The van der Waals surface area contributed by atoms with Gasteiger partial charge in [0.25, 0.3) is 0 Å². The summed E-state index contributed by atoms with van der Waals surface area (Å²) in [6.45, 7) is 2.09. The van der Waals surface area contributed by atoms with E-state index >= 15 is 0 Å². The minimum Gasteiger partial charge on any atom is -0.495 e. The van der Waals surface area contributed by atoms with Crippen molar-refractivity contribution in [1.29, 1.82) is 0 Å². The molecule has 94 valence electrons. The van der Waals surface area contributed by atoms with Crippen LogP contribution in [0.15, 0.2) is 18.2 Å². The second-order valence-corrected chi connectivity index (χ2v) is 3.93. The maximum atomic E-state index is 11.6. The SMILES string of the molecule is COc1ccc(C)cc1NC(=O)CCCCO. The molecule has 0 bridgehead atoms. The van der Waals surface area contributed by atoms with Gasteiger partial charge in [0.15, 0.2) is 0 Å². The number of aryl methyl sites for hydroxylation is 1. The second-order valence-electron chi connectivity index (χ2n) is 3.93. The van der Waals surface area contributed by atoms with E-state index in [2.05, 4.69) is 5.32 Å². The molecular formula is C13H19NO3. The average molecular weight is 237 g/mol. The first-order valence-corrected chi connectivity index (χ1v) is 5.72. The number of carbonyl (C=O) groups is 1. The van der Waals surface area contributed by atoms with Gasteiger partial charge in [-0.15, -0.1) is 0 Å². The minimum atomic E-state index is -0.0534. The van der Waals surface area contributed by atoms with Crippen molar-refractivity contribution in [3.8, 4) is 5.75 Å². The molecule has 1 aromatic rings. The Balaban J connectivity index is 2.60. The normalized spacial score (nSPS) is 10.1. The molecule has 2 N–H and O–H groups in total. The molecule has 0 unspecified atom stereocenters. The predicted molar refractivity (Wildman–Crippen MR) is 67.3 cm³/mol. The van der Waals surface area contributed by atoms with Gasteiger partial charge in [-0.3, -0.25) is 4.79 Å². The maximum absolute atomic E-state index is 11.6. The quantitative estimate of drug-likeness (QED) is 0.745. The molecular weight excluding hydrogens is 218 g/mol. The maximum Gasteiger partial charge on any atom is 0.224 e. The largest absolute Gasteiger partial charge is 0.495 e. The molecule has 1 aromatic carbocycles. The summed E-state index contributed by atoms with van der Waals surface area (Å²) in [6.07, 6.45) is 1.76. The molecule has 0 aliphatic rings. The van der Waals surface area contributed by atoms with Gasteiger partial charge in [-0.25, -0.2) is 0 Å². The van der Waals surface area contributed by atoms with Crippen LogP contribution in [0.5, 0.6) is 5.75 Å². The summed E-state index contributed by atoms with van der Waals surface area (Å²) in [6, 6.07) is 5.64. The molecule has 0 atom stereocenters. The van der Waals surface area contributed by atoms with Crippen LogP contribution in [-0.4, -0.2) is 24.7 Å². The van der Waals surface area contributed by atoms with Crippen molar-refractivity contribution in [2.24, 2.45) is 0 Å². The number of amides is 1. The molecule has 0 radical (unpaired) electrons. The number of ether oxygens (including phenoxy) is 1. The van der Waals surface area contributed by atoms with Crippen LogP contribution in [0.1, 0.15) is 24.8 Å². The number of anilines is 1. The van der Waals surface area contributed by atoms with Gasteiger partial charge in [0, 0.05) is 13.0 Å². The molecule has 4 heteroatoms. The predicted octanol–water partition coefficient (Wildman–Crippen LogP) is 2.10. The molecule has 0 aliphatic carbocycles. The number of hydrogen-bond donors (Lipinski definition) is 2. The van der Waals surface area contributed by atoms with Gasteiger partial charge in [-0.2, -0.15) is 0 Å². The minimum absolute atomic E-state index is 0.0534. The fraction of sp³-hybridized carbons (Fsp3) is 0.462. The van der Waals surface area contributed by atoms with Gasteiger partial charge in [-0.05, 0) is 37.5 Å². The lowest BCUT2D eigenvalue weighted by molar-refractivity contribution is -0.116. The van der Waals surface area contributed by atoms with Gasteiger partial charge >= 0.3 is 0 Å². The number of unbranched alkanes of at least 4 members (excludes halogenated alkanes) is 1. The lowest BCUT2D eigenvalue weighted by Gasteiger charge is -2.10. The van der Waals surface area contributed by atoms with Gasteiger partial charge in [0.05, 0.1) is 12.8 Å². The van der Waals surface area contributed by atoms with Gasteiger partial charge < -0.3 is 15.2 Å². The van der Waals surface area contributed by atoms with E-state index < -0.39 is 0 Å². The van der Waals surface area contributed by atoms with Crippen LogP contribution >= 0.6 is 0 Å². The first-order valence-electron chi connectivity index (χ1n) is 5.72. The van der Waals surface area contributed by atoms with Crippen LogP contribution in [0.2, 0.25) is 0 Å². The molecule has 17 heavy (non-hydrogen) atoms. The lowest BCUT2D eigenvalue weighted by Crippen LogP contribution is -2.12. The summed E-state index contributed by atoms with van der Waals surface area (Å²) in [5, 5.41) is 11.5. The molecule has 0 saturated carbocycles. The van der Waals surface area contributed by atoms with E-state index in [1.54, 1.807) is 7.11 Å². The standard InChI is InChI=1S/C13H19NO3/c1-10-6-7-12(17-2)11(9-10)14-13(16)5-3-4-8-15/h6-7,9,15H,3-5,8H2,1-2H3,(H,14,16). The Labute approximate surface area is 102 Å². The number of methoxy groups -OCH3 is 1. The van der Waals surface area contributed by atoms with Crippen molar-refractivity contribution >= 4 is 11.6 Å². The Morgan fingerprint density at radius 2 is 2.18 bits per heavy atom. The van der Waals surface area contributed by atoms with Crippen LogP contribution < -0.4 is 10.1 Å². The van der Waals surface area contributed by atoms with Crippen molar-refractivity contribution in [3.63, 3.8) is 0 Å². The number of rotatable bonds is 6. The number of aliphatic hydroxyl groups excluding tert-OH is 1. The van der Waals surface area contributed by atoms with Crippen molar-refractivity contribution in [2.45, 2.75) is 26.2 Å². The van der Waals surface area contributed by atoms with E-state index in [9.17, 15) is 4.79 Å². The van der Waals surface area contributed by atoms with Crippen LogP contribution in [0, 0.1) is 6.92 Å². The van der Waals surface area contributed by atoms with Crippen LogP contribution in [-0.2, 0) is 4.79 Å². The third kappa shape index (κ3) is 4.44. The summed E-state index contributed by atoms with van der Waals surface area (Å²) in [5.74, 6) is 0.605. The monoisotopic (exact) mass is 237 g/mol. The van der Waals surface area contributed by atoms with Crippen LogP contribution in [0.4, 0.5) is 5.69 Å². The summed E-state index contributed by atoms with van der Waals surface area (Å²) in [4.78, 5) is 11.6. The summed E-state index contributed by atoms with van der Waals surface area (Å²) >= 11 is 0. The molecule has 0 spiro atoms. The number of benzene rings is 1. The van der Waals surface area contributed by atoms with Crippen LogP contribution in [0.25, 0.3) is 0 Å². The average Bonchev–Trinajstić information content (AvgIpc) is 2.29. The van der Waals surface area contributed by atoms with Crippen molar-refractivity contribution in [2.75, 3.05) is 19.0 Å². The Morgan fingerprint density at radius 1 is 1.41 bits per heavy atom. The fourth-order valence-corrected chi connectivity index (χ4v) is 1.53. The highest BCUT2D eigenvalue weighted by Crippen LogP contribution is 2.25. The molecule has 1 amide bonds. The zero-order valence-electron chi connectivity index (χ0n) is 10.3. The van der Waals surface area contributed by atoms with E-state index in [1.165, 1.54) is 0 Å². The van der Waals surface area contributed by atoms with Crippen LogP contribution in [0.3, 0.4) is 0 Å². The van der Waals surface area contributed by atoms with Crippen molar-refractivity contribution in [3.05, 3.63) is 23.8 Å². The summed E-state index contributed by atoms with van der Waals surface area (Å²) in [5.41, 5.74) is 1.76. The first-order chi connectivity index (χ1) is 8.17. The first kappa shape index (κ1) is 13.5. The highest BCUT2D eigenvalue weighted by Gasteiger charge is 2.07. The number of carbonyl (C=O) groups excluding carboxylic acids is 1. The van der Waals surface area contributed by atoms with Crippen molar-refractivity contribution < 1.29 is 14.6 Å². The molecule has 0 heterocycles. The molecule has 0 aromatic heterocycles. The lowest BCUT2D eigenvalue weighted by atomic mass is 10.2. The summed E-state index contributed by atoms with van der Waals surface area (Å²) in [7, 11) is 1.58. The highest BCUT2D eigenvalue weighted by molar-refractivity contribution is 5.92. The molecule has 0 aliphatic heterocycles. The number of nitrogens with one attached hydrogen (secondary N) is 1. The smallest absolute Gasteiger partial charge is 0.224 e. The van der Waals surface area contributed by atoms with Gasteiger partial charge in [-0.1, -0.05) is 6.07 Å². The molecule has 1 rings (SSSR count). The van der Waals surface area contributed by atoms with E-state index in [-0.39, 0.29) is 12.5 Å². The Bertz CT molecular complexity index is 377. The Kier molecular flexibility index (Phi) is 5.49. The third-order valence-corrected chi connectivity index (χ3v) is 2.44. The van der Waals surface area contributed by atoms with E-state index in [1.807, 2.05) is 25.1 Å². The Hall–Kier alpha value is -1.55. The summed E-state index contributed by atoms with van der Waals surface area (Å²) < 4.78 is 5.17. The zero-order chi connectivity index (χ0) is 12.7. The van der Waals surface area contributed by atoms with E-state index in [0.29, 0.717) is 30.7 Å². The number of aliphatic hydroxyl groups is 1. The highest BCUT2D eigenvalue weighted by atomic mass is 16.5. The topological polar surface area (TPSA) is 58.6 Å². The molecule has 0 saturated heterocycles.